The zero-order valence-corrected chi connectivity index (χ0v) is 23.5. The van der Waals surface area contributed by atoms with Crippen molar-refractivity contribution in [3.63, 3.8) is 0 Å². The molecule has 0 aliphatic carbocycles. The number of ether oxygens (including phenoxy) is 2. The van der Waals surface area contributed by atoms with Crippen LogP contribution in [0.15, 0.2) is 67.3 Å². The summed E-state index contributed by atoms with van der Waals surface area (Å²) in [5, 5.41) is 11.2. The number of benzene rings is 2. The lowest BCUT2D eigenvalue weighted by Gasteiger charge is -2.21. The van der Waals surface area contributed by atoms with Crippen LogP contribution in [-0.2, 0) is 27.4 Å². The van der Waals surface area contributed by atoms with Crippen LogP contribution in [0.4, 0.5) is 5.82 Å². The van der Waals surface area contributed by atoms with E-state index in [0.29, 0.717) is 11.1 Å². The van der Waals surface area contributed by atoms with Crippen LogP contribution in [0.2, 0.25) is 0 Å². The van der Waals surface area contributed by atoms with Crippen LogP contribution in [0.5, 0.6) is 0 Å². The normalized spacial score (nSPS) is 21.9. The Morgan fingerprint density at radius 2 is 1.60 bits per heavy atom. The van der Waals surface area contributed by atoms with Gasteiger partial charge in [-0.05, 0) is 12.1 Å². The van der Waals surface area contributed by atoms with E-state index in [1.54, 1.807) is 30.3 Å². The molecule has 226 valence electrons. The van der Waals surface area contributed by atoms with Gasteiger partial charge in [0.2, 0.25) is 0 Å². The summed E-state index contributed by atoms with van der Waals surface area (Å²) in [5.41, 5.74) is 6.87. The van der Waals surface area contributed by atoms with Gasteiger partial charge in [-0.3, -0.25) is 13.9 Å². The van der Waals surface area contributed by atoms with Crippen molar-refractivity contribution in [3.8, 4) is 0 Å². The number of anilines is 1. The maximum Gasteiger partial charge on any atom is 0.481 e. The number of phosphoric ester groups is 1. The predicted molar refractivity (Wildman–Crippen MR) is 144 cm³/mol. The monoisotopic (exact) mass is 635 g/mol. The Labute approximate surface area is 241 Å². The largest absolute Gasteiger partial charge is 0.481 e. The van der Waals surface area contributed by atoms with E-state index in [-0.39, 0.29) is 28.3 Å². The number of nitrogen functional groups attached to an aromatic ring is 1. The number of ketones is 1. The number of nitrogens with zero attached hydrogens (tertiary/aromatic N) is 4. The van der Waals surface area contributed by atoms with E-state index in [4.69, 9.17) is 25.0 Å². The molecule has 0 bridgehead atoms. The summed E-state index contributed by atoms with van der Waals surface area (Å²) in [6.07, 6.45) is -3.66. The lowest BCUT2D eigenvalue weighted by molar-refractivity contribution is -0.0520. The van der Waals surface area contributed by atoms with Gasteiger partial charge in [0.15, 0.2) is 29.6 Å². The molecule has 1 fully saturated rings. The van der Waals surface area contributed by atoms with Gasteiger partial charge >= 0.3 is 21.6 Å². The third kappa shape index (κ3) is 6.86. The fourth-order valence-electron chi connectivity index (χ4n) is 4.32. The molecule has 19 heteroatoms. The number of carbonyl (C=O) groups is 2. The van der Waals surface area contributed by atoms with Crippen LogP contribution in [0.25, 0.3) is 11.2 Å². The Morgan fingerprint density at radius 1 is 0.953 bits per heavy atom. The maximum absolute atomic E-state index is 13.1. The van der Waals surface area contributed by atoms with Crippen molar-refractivity contribution in [2.24, 2.45) is 0 Å². The van der Waals surface area contributed by atoms with Crippen molar-refractivity contribution in [2.75, 3.05) is 12.3 Å². The van der Waals surface area contributed by atoms with Crippen LogP contribution in [0.1, 0.15) is 32.5 Å². The Bertz CT molecular complexity index is 1750. The quantitative estimate of drug-likeness (QED) is 0.0936. The van der Waals surface area contributed by atoms with Crippen molar-refractivity contribution >= 4 is 44.4 Å². The van der Waals surface area contributed by atoms with Gasteiger partial charge in [0.1, 0.15) is 24.1 Å². The third-order valence-electron chi connectivity index (χ3n) is 6.24. The highest BCUT2D eigenvalue weighted by Gasteiger charge is 2.49. The minimum atomic E-state index is -5.43. The third-order valence-corrected chi connectivity index (χ3v) is 8.40. The number of esters is 1. The number of hydrogen-bond donors (Lipinski definition) is 5. The van der Waals surface area contributed by atoms with Crippen molar-refractivity contribution in [1.82, 2.24) is 19.5 Å². The number of nitrogens with two attached hydrogens (primary N) is 1. The Morgan fingerprint density at radius 3 is 2.28 bits per heavy atom. The Kier molecular flexibility index (Phi) is 8.54. The van der Waals surface area contributed by atoms with Gasteiger partial charge < -0.3 is 35.0 Å². The number of rotatable bonds is 10. The van der Waals surface area contributed by atoms with E-state index in [0.717, 1.165) is 6.33 Å². The first kappa shape index (κ1) is 30.6. The fraction of sp³-hybridized carbons (Fsp3) is 0.208. The van der Waals surface area contributed by atoms with Crippen molar-refractivity contribution < 1.29 is 56.8 Å². The highest BCUT2D eigenvalue weighted by molar-refractivity contribution is 7.60. The number of aliphatic hydroxyl groups is 1. The first-order chi connectivity index (χ1) is 20.3. The standard InChI is InChI=1S/C24H23N5O12P2/c25-21-17-22(27-11-26-21)29(12-28-17)23-19(31)20(16(39-23)10-38-43(36,37)41-42(33,34)35)40-24(32)15-8-6-14(7-9-15)18(30)13-4-2-1-3-5-13/h1-9,11-12,16,19-20,23,31H,10H2,(H,36,37)(H2,25,26,27)(H2,33,34,35)/t16-,19-,20-,23-/m1/s1. The summed E-state index contributed by atoms with van der Waals surface area (Å²) in [6.45, 7) is -0.923. The Balaban J connectivity index is 1.38. The van der Waals surface area contributed by atoms with Gasteiger partial charge in [0.25, 0.3) is 0 Å². The summed E-state index contributed by atoms with van der Waals surface area (Å²) in [5.74, 6) is -1.20. The van der Waals surface area contributed by atoms with E-state index >= 15 is 0 Å². The molecule has 4 aromatic rings. The number of aliphatic hydroxyl groups excluding tert-OH is 1. The van der Waals surface area contributed by atoms with E-state index in [1.807, 2.05) is 0 Å². The van der Waals surface area contributed by atoms with Crippen LogP contribution < -0.4 is 5.73 Å². The second-order valence-corrected chi connectivity index (χ2v) is 11.9. The van der Waals surface area contributed by atoms with Crippen LogP contribution in [0.3, 0.4) is 0 Å². The first-order valence-corrected chi connectivity index (χ1v) is 15.3. The average molecular weight is 635 g/mol. The van der Waals surface area contributed by atoms with Crippen molar-refractivity contribution in [1.29, 1.82) is 0 Å². The Hall–Kier alpha value is -3.89. The van der Waals surface area contributed by atoms with Gasteiger partial charge in [-0.15, -0.1) is 0 Å². The zero-order valence-electron chi connectivity index (χ0n) is 21.7. The molecule has 1 aliphatic rings. The molecular formula is C24H23N5O12P2. The van der Waals surface area contributed by atoms with Gasteiger partial charge in [0.05, 0.1) is 18.5 Å². The van der Waals surface area contributed by atoms with Crippen LogP contribution in [-0.4, -0.2) is 76.0 Å². The second-order valence-electron chi connectivity index (χ2n) is 9.12. The first-order valence-electron chi connectivity index (χ1n) is 12.2. The maximum atomic E-state index is 13.1. The highest BCUT2D eigenvalue weighted by atomic mass is 31.3. The minimum Gasteiger partial charge on any atom is -0.453 e. The van der Waals surface area contributed by atoms with E-state index < -0.39 is 52.8 Å². The van der Waals surface area contributed by atoms with E-state index in [2.05, 4.69) is 23.8 Å². The van der Waals surface area contributed by atoms with Gasteiger partial charge in [-0.25, -0.2) is 28.9 Å². The number of imidazole rings is 1. The van der Waals surface area contributed by atoms with Crippen LogP contribution in [0, 0.1) is 0 Å². The number of fused-ring (bicyclic) bond motifs is 1. The molecule has 0 spiro atoms. The number of aromatic nitrogens is 4. The summed E-state index contributed by atoms with van der Waals surface area (Å²) >= 11 is 0. The molecule has 43 heavy (non-hydrogen) atoms. The molecular weight excluding hydrogens is 612 g/mol. The second kappa shape index (κ2) is 12.0. The zero-order chi connectivity index (χ0) is 30.9. The smallest absolute Gasteiger partial charge is 0.453 e. The predicted octanol–water partition coefficient (Wildman–Crippen LogP) is 1.35. The van der Waals surface area contributed by atoms with Crippen molar-refractivity contribution in [2.45, 2.75) is 24.5 Å². The van der Waals surface area contributed by atoms with Gasteiger partial charge in [-0.1, -0.05) is 42.5 Å². The molecule has 2 aromatic heterocycles. The molecule has 1 saturated heterocycles. The lowest BCUT2D eigenvalue weighted by atomic mass is 10.0. The summed E-state index contributed by atoms with van der Waals surface area (Å²) in [6, 6.07) is 14.0. The van der Waals surface area contributed by atoms with E-state index in [9.17, 15) is 28.7 Å². The molecule has 5 rings (SSSR count). The molecule has 5 atom stereocenters. The molecule has 2 aromatic carbocycles. The van der Waals surface area contributed by atoms with E-state index in [1.165, 1.54) is 35.2 Å². The molecule has 1 unspecified atom stereocenters. The number of hydrogen-bond acceptors (Lipinski definition) is 13. The molecule has 1 aliphatic heterocycles. The molecule has 0 amide bonds. The molecule has 0 radical (unpaired) electrons. The topological polar surface area (TPSA) is 256 Å². The fourth-order valence-corrected chi connectivity index (χ4v) is 5.92. The number of phosphoric acid groups is 2. The molecule has 0 saturated carbocycles. The summed E-state index contributed by atoms with van der Waals surface area (Å²) < 4.78 is 44.1. The minimum absolute atomic E-state index is 0.00816. The summed E-state index contributed by atoms with van der Waals surface area (Å²) in [4.78, 5) is 65.2. The highest BCUT2D eigenvalue weighted by Crippen LogP contribution is 2.57. The van der Waals surface area contributed by atoms with Gasteiger partial charge in [-0.2, -0.15) is 4.31 Å². The lowest BCUT2D eigenvalue weighted by Crippen LogP contribution is -2.38. The molecule has 17 nitrogen and oxygen atoms in total. The van der Waals surface area contributed by atoms with Crippen LogP contribution >= 0.6 is 15.6 Å². The summed E-state index contributed by atoms with van der Waals surface area (Å²) in [7, 11) is -10.8. The van der Waals surface area contributed by atoms with Gasteiger partial charge in [0, 0.05) is 11.1 Å². The molecule has 3 heterocycles. The van der Waals surface area contributed by atoms with Crippen molar-refractivity contribution in [3.05, 3.63) is 83.9 Å². The SMILES string of the molecule is Nc1ncnc2c1ncn2[C@@H]1O[C@H](COP(=O)(O)OP(=O)(O)O)[C@@H](OC(=O)c2ccc(C(=O)c3ccccc3)cc2)[C@H]1O. The average Bonchev–Trinajstić information content (AvgIpc) is 3.52. The number of carbonyl (C=O) groups excluding carboxylic acids is 2. The molecule has 6 N–H and O–H groups in total.